The van der Waals surface area contributed by atoms with Gasteiger partial charge in [-0.25, -0.2) is 0 Å². The lowest BCUT2D eigenvalue weighted by atomic mass is 9.92. The van der Waals surface area contributed by atoms with Gasteiger partial charge in [-0.15, -0.1) is 12.4 Å². The van der Waals surface area contributed by atoms with Crippen molar-refractivity contribution in [1.82, 2.24) is 0 Å². The van der Waals surface area contributed by atoms with Gasteiger partial charge in [0.25, 0.3) is 0 Å². The summed E-state index contributed by atoms with van der Waals surface area (Å²) in [7, 11) is 0. The molecule has 0 heterocycles. The monoisotopic (exact) mass is 263 g/mol. The topological polar surface area (TPSA) is 46.2 Å². The van der Waals surface area contributed by atoms with E-state index in [4.69, 9.17) is 17.3 Å². The van der Waals surface area contributed by atoms with Crippen molar-refractivity contribution >= 4 is 24.0 Å². The Morgan fingerprint density at radius 2 is 1.88 bits per heavy atom. The number of hydrogen-bond donors (Lipinski definition) is 2. The summed E-state index contributed by atoms with van der Waals surface area (Å²) in [6, 6.07) is 5.22. The highest BCUT2D eigenvalue weighted by atomic mass is 35.5. The van der Waals surface area contributed by atoms with Crippen molar-refractivity contribution in [2.24, 2.45) is 11.7 Å². The Bertz CT molecular complexity index is 322. The Morgan fingerprint density at radius 1 is 1.31 bits per heavy atom. The van der Waals surface area contributed by atoms with Crippen molar-refractivity contribution in [3.05, 3.63) is 34.3 Å². The van der Waals surface area contributed by atoms with Crippen molar-refractivity contribution in [2.45, 2.75) is 32.9 Å². The lowest BCUT2D eigenvalue weighted by Crippen LogP contribution is -2.31. The van der Waals surface area contributed by atoms with Crippen molar-refractivity contribution in [2.75, 3.05) is 0 Å². The molecule has 1 aromatic rings. The Kier molecular flexibility index (Phi) is 6.34. The summed E-state index contributed by atoms with van der Waals surface area (Å²) >= 11 is 6.08. The molecule has 0 fully saturated rings. The summed E-state index contributed by atoms with van der Waals surface area (Å²) in [6.45, 7) is 5.83. The van der Waals surface area contributed by atoms with Gasteiger partial charge in [-0.2, -0.15) is 0 Å². The van der Waals surface area contributed by atoms with E-state index in [1.165, 1.54) is 0 Å². The van der Waals surface area contributed by atoms with E-state index in [0.29, 0.717) is 5.02 Å². The van der Waals surface area contributed by atoms with Crippen LogP contribution in [-0.4, -0.2) is 11.2 Å². The van der Waals surface area contributed by atoms with Gasteiger partial charge in [0.1, 0.15) is 0 Å². The van der Waals surface area contributed by atoms with Crippen molar-refractivity contribution in [3.8, 4) is 0 Å². The Morgan fingerprint density at radius 3 is 2.31 bits per heavy atom. The molecule has 4 heteroatoms. The molecular weight excluding hydrogens is 245 g/mol. The third-order valence-corrected chi connectivity index (χ3v) is 2.98. The Labute approximate surface area is 108 Å². The van der Waals surface area contributed by atoms with Crippen LogP contribution < -0.4 is 5.73 Å². The predicted octanol–water partition coefficient (Wildman–Crippen LogP) is 3.09. The Hall–Kier alpha value is -0.280. The first kappa shape index (κ1) is 15.7. The molecule has 3 N–H and O–H groups in total. The minimum Gasteiger partial charge on any atom is -0.391 e. The quantitative estimate of drug-likeness (QED) is 0.881. The van der Waals surface area contributed by atoms with Crippen LogP contribution >= 0.6 is 24.0 Å². The average molecular weight is 264 g/mol. The van der Waals surface area contributed by atoms with Gasteiger partial charge in [-0.3, -0.25) is 0 Å². The van der Waals surface area contributed by atoms with Crippen LogP contribution in [0.2, 0.25) is 5.02 Å². The van der Waals surface area contributed by atoms with Crippen molar-refractivity contribution < 1.29 is 5.11 Å². The normalized spacial score (nSPS) is 14.4. The van der Waals surface area contributed by atoms with Gasteiger partial charge in [0, 0.05) is 5.02 Å². The van der Waals surface area contributed by atoms with E-state index in [2.05, 4.69) is 0 Å². The SMILES string of the molecule is Cc1cccc(Cl)c1[C@H](N)[C@H](O)C(C)C.Cl. The first-order valence-electron chi connectivity index (χ1n) is 5.13. The molecule has 0 radical (unpaired) electrons. The number of aliphatic hydroxyl groups excluding tert-OH is 1. The van der Waals surface area contributed by atoms with E-state index < -0.39 is 12.1 Å². The molecule has 16 heavy (non-hydrogen) atoms. The summed E-state index contributed by atoms with van der Waals surface area (Å²) in [6.07, 6.45) is -0.566. The van der Waals surface area contributed by atoms with Gasteiger partial charge in [-0.05, 0) is 30.0 Å². The zero-order valence-corrected chi connectivity index (χ0v) is 11.3. The second-order valence-corrected chi connectivity index (χ2v) is 4.64. The summed E-state index contributed by atoms with van der Waals surface area (Å²) in [5.74, 6) is 0.121. The molecule has 92 valence electrons. The first-order chi connectivity index (χ1) is 6.95. The third kappa shape index (κ3) is 3.36. The highest BCUT2D eigenvalue weighted by Crippen LogP contribution is 2.28. The molecule has 0 bridgehead atoms. The average Bonchev–Trinajstić information content (AvgIpc) is 2.15. The molecule has 0 spiro atoms. The van der Waals surface area contributed by atoms with Gasteiger partial charge in [0.2, 0.25) is 0 Å². The van der Waals surface area contributed by atoms with E-state index in [9.17, 15) is 5.11 Å². The zero-order valence-electron chi connectivity index (χ0n) is 9.77. The standard InChI is InChI=1S/C12H18ClNO.ClH/c1-7(2)12(15)11(14)10-8(3)5-4-6-9(10)13;/h4-7,11-12,15H,14H2,1-3H3;1H/t11-,12+;/m0./s1. The molecule has 0 aliphatic carbocycles. The van der Waals surface area contributed by atoms with Crippen LogP contribution in [0.3, 0.4) is 0 Å². The molecule has 2 atom stereocenters. The Balaban J connectivity index is 0.00000225. The molecule has 0 aliphatic rings. The fourth-order valence-corrected chi connectivity index (χ4v) is 2.00. The molecule has 0 saturated heterocycles. The van der Waals surface area contributed by atoms with Gasteiger partial charge >= 0.3 is 0 Å². The minimum atomic E-state index is -0.566. The largest absolute Gasteiger partial charge is 0.391 e. The van der Waals surface area contributed by atoms with Crippen molar-refractivity contribution in [1.29, 1.82) is 0 Å². The van der Waals surface area contributed by atoms with Crippen molar-refractivity contribution in [3.63, 3.8) is 0 Å². The van der Waals surface area contributed by atoms with Crippen LogP contribution in [0.15, 0.2) is 18.2 Å². The maximum Gasteiger partial charge on any atom is 0.0756 e. The maximum atomic E-state index is 9.91. The van der Waals surface area contributed by atoms with E-state index in [1.807, 2.05) is 32.9 Å². The van der Waals surface area contributed by atoms with Crippen LogP contribution in [0.5, 0.6) is 0 Å². The number of hydrogen-bond acceptors (Lipinski definition) is 2. The molecular formula is C12H19Cl2NO. The fourth-order valence-electron chi connectivity index (χ4n) is 1.65. The van der Waals surface area contributed by atoms with E-state index in [0.717, 1.165) is 11.1 Å². The number of aryl methyl sites for hydroxylation is 1. The summed E-state index contributed by atoms with van der Waals surface area (Å²) in [5, 5.41) is 10.5. The summed E-state index contributed by atoms with van der Waals surface area (Å²) in [5.41, 5.74) is 7.88. The second kappa shape index (κ2) is 6.45. The fraction of sp³-hybridized carbons (Fsp3) is 0.500. The first-order valence-corrected chi connectivity index (χ1v) is 5.51. The molecule has 0 aromatic heterocycles. The van der Waals surface area contributed by atoms with Crippen LogP contribution in [0.4, 0.5) is 0 Å². The van der Waals surface area contributed by atoms with Crippen LogP contribution in [-0.2, 0) is 0 Å². The number of benzene rings is 1. The molecule has 0 unspecified atom stereocenters. The predicted molar refractivity (Wildman–Crippen MR) is 71.2 cm³/mol. The van der Waals surface area contributed by atoms with Crippen LogP contribution in [0.25, 0.3) is 0 Å². The molecule has 2 nitrogen and oxygen atoms in total. The second-order valence-electron chi connectivity index (χ2n) is 4.23. The summed E-state index contributed by atoms with van der Waals surface area (Å²) < 4.78 is 0. The molecule has 0 amide bonds. The lowest BCUT2D eigenvalue weighted by Gasteiger charge is -2.24. The number of nitrogens with two attached hydrogens (primary N) is 1. The molecule has 1 aromatic carbocycles. The highest BCUT2D eigenvalue weighted by molar-refractivity contribution is 6.31. The van der Waals surface area contributed by atoms with Crippen LogP contribution in [0.1, 0.15) is 31.0 Å². The van der Waals surface area contributed by atoms with Gasteiger partial charge in [0.05, 0.1) is 12.1 Å². The van der Waals surface area contributed by atoms with Crippen LogP contribution in [0, 0.1) is 12.8 Å². The van der Waals surface area contributed by atoms with Gasteiger partial charge in [-0.1, -0.05) is 37.6 Å². The third-order valence-electron chi connectivity index (χ3n) is 2.66. The van der Waals surface area contributed by atoms with E-state index in [1.54, 1.807) is 6.07 Å². The molecule has 0 saturated carbocycles. The van der Waals surface area contributed by atoms with Gasteiger partial charge in [0.15, 0.2) is 0 Å². The van der Waals surface area contributed by atoms with E-state index in [-0.39, 0.29) is 18.3 Å². The number of rotatable bonds is 3. The zero-order chi connectivity index (χ0) is 11.6. The highest BCUT2D eigenvalue weighted by Gasteiger charge is 2.23. The molecule has 1 rings (SSSR count). The number of aliphatic hydroxyl groups is 1. The minimum absolute atomic E-state index is 0. The smallest absolute Gasteiger partial charge is 0.0756 e. The lowest BCUT2D eigenvalue weighted by molar-refractivity contribution is 0.0977. The van der Waals surface area contributed by atoms with E-state index >= 15 is 0 Å². The molecule has 0 aliphatic heterocycles. The van der Waals surface area contributed by atoms with Gasteiger partial charge < -0.3 is 10.8 Å². The number of halogens is 2. The maximum absolute atomic E-state index is 9.91. The summed E-state index contributed by atoms with van der Waals surface area (Å²) in [4.78, 5) is 0.